The highest BCUT2D eigenvalue weighted by Gasteiger charge is 2.39. The summed E-state index contributed by atoms with van der Waals surface area (Å²) >= 11 is 0. The number of rotatable bonds is 3. The van der Waals surface area contributed by atoms with Gasteiger partial charge in [-0.15, -0.1) is 0 Å². The van der Waals surface area contributed by atoms with Crippen LogP contribution in [0.25, 0.3) is 0 Å². The van der Waals surface area contributed by atoms with Crippen LogP contribution in [0, 0.1) is 11.8 Å². The van der Waals surface area contributed by atoms with Crippen molar-refractivity contribution >= 4 is 0 Å². The van der Waals surface area contributed by atoms with Crippen LogP contribution in [-0.2, 0) is 0 Å². The van der Waals surface area contributed by atoms with Gasteiger partial charge in [0.25, 0.3) is 5.92 Å². The lowest BCUT2D eigenvalue weighted by molar-refractivity contribution is -0.0889. The summed E-state index contributed by atoms with van der Waals surface area (Å²) in [6, 6.07) is 0. The summed E-state index contributed by atoms with van der Waals surface area (Å²) in [5.74, 6) is -2.54. The first-order valence-corrected chi connectivity index (χ1v) is 5.05. The molecule has 0 saturated heterocycles. The van der Waals surface area contributed by atoms with Gasteiger partial charge in [0, 0.05) is 18.9 Å². The van der Waals surface area contributed by atoms with Gasteiger partial charge in [0.1, 0.15) is 0 Å². The predicted molar refractivity (Wildman–Crippen MR) is 47.8 cm³/mol. The molecule has 78 valence electrons. The molecular weight excluding hydrogens is 174 g/mol. The SMILES string of the molecule is CC1CCC(C(F)(F)CCO)CC1. The maximum atomic E-state index is 13.3. The van der Waals surface area contributed by atoms with Crippen molar-refractivity contribution in [3.05, 3.63) is 0 Å². The first-order valence-electron chi connectivity index (χ1n) is 5.05. The summed E-state index contributed by atoms with van der Waals surface area (Å²) < 4.78 is 26.6. The fourth-order valence-corrected chi connectivity index (χ4v) is 2.04. The van der Waals surface area contributed by atoms with Gasteiger partial charge in [-0.1, -0.05) is 19.8 Å². The molecule has 3 heteroatoms. The quantitative estimate of drug-likeness (QED) is 0.729. The van der Waals surface area contributed by atoms with Gasteiger partial charge < -0.3 is 5.11 Å². The van der Waals surface area contributed by atoms with Crippen molar-refractivity contribution < 1.29 is 13.9 Å². The van der Waals surface area contributed by atoms with Crippen molar-refractivity contribution in [2.75, 3.05) is 6.61 Å². The van der Waals surface area contributed by atoms with Gasteiger partial charge in [-0.2, -0.15) is 0 Å². The first-order chi connectivity index (χ1) is 6.06. The van der Waals surface area contributed by atoms with Gasteiger partial charge in [0.15, 0.2) is 0 Å². The lowest BCUT2D eigenvalue weighted by Crippen LogP contribution is -2.32. The Hall–Kier alpha value is -0.180. The van der Waals surface area contributed by atoms with Crippen molar-refractivity contribution in [3.8, 4) is 0 Å². The summed E-state index contributed by atoms with van der Waals surface area (Å²) in [5, 5.41) is 8.50. The summed E-state index contributed by atoms with van der Waals surface area (Å²) in [5.41, 5.74) is 0. The maximum Gasteiger partial charge on any atom is 0.253 e. The molecule has 0 heterocycles. The molecule has 0 atom stereocenters. The number of alkyl halides is 2. The van der Waals surface area contributed by atoms with E-state index in [-0.39, 0.29) is 6.42 Å². The van der Waals surface area contributed by atoms with E-state index in [0.29, 0.717) is 18.8 Å². The van der Waals surface area contributed by atoms with Crippen LogP contribution in [0.5, 0.6) is 0 Å². The maximum absolute atomic E-state index is 13.3. The summed E-state index contributed by atoms with van der Waals surface area (Å²) in [7, 11) is 0. The van der Waals surface area contributed by atoms with E-state index in [1.54, 1.807) is 0 Å². The number of aliphatic hydroxyl groups excluding tert-OH is 1. The van der Waals surface area contributed by atoms with Crippen molar-refractivity contribution in [3.63, 3.8) is 0 Å². The topological polar surface area (TPSA) is 20.2 Å². The highest BCUT2D eigenvalue weighted by atomic mass is 19.3. The number of halogens is 2. The Morgan fingerprint density at radius 2 is 1.77 bits per heavy atom. The van der Waals surface area contributed by atoms with E-state index in [0.717, 1.165) is 12.8 Å². The normalized spacial score (nSPS) is 30.5. The minimum absolute atomic E-state index is 0.369. The van der Waals surface area contributed by atoms with Gasteiger partial charge in [0.2, 0.25) is 0 Å². The number of hydrogen-bond donors (Lipinski definition) is 1. The van der Waals surface area contributed by atoms with Crippen molar-refractivity contribution in [2.24, 2.45) is 11.8 Å². The molecule has 0 spiro atoms. The van der Waals surface area contributed by atoms with E-state index < -0.39 is 18.4 Å². The lowest BCUT2D eigenvalue weighted by atomic mass is 9.79. The molecule has 1 aliphatic rings. The molecule has 1 nitrogen and oxygen atoms in total. The Labute approximate surface area is 78.1 Å². The smallest absolute Gasteiger partial charge is 0.253 e. The van der Waals surface area contributed by atoms with Gasteiger partial charge in [-0.25, -0.2) is 8.78 Å². The average molecular weight is 192 g/mol. The van der Waals surface area contributed by atoms with E-state index >= 15 is 0 Å². The zero-order valence-corrected chi connectivity index (χ0v) is 8.10. The second-order valence-electron chi connectivity index (χ2n) is 4.19. The third-order valence-corrected chi connectivity index (χ3v) is 3.06. The standard InChI is InChI=1S/C10H18F2O/c1-8-2-4-9(5-3-8)10(11,12)6-7-13/h8-9,13H,2-7H2,1H3. The molecule has 0 amide bonds. The van der Waals surface area contributed by atoms with Crippen LogP contribution >= 0.6 is 0 Å². The molecule has 1 saturated carbocycles. The number of hydrogen-bond acceptors (Lipinski definition) is 1. The Bertz CT molecular complexity index is 151. The van der Waals surface area contributed by atoms with Crippen LogP contribution in [-0.4, -0.2) is 17.6 Å². The molecule has 0 radical (unpaired) electrons. The highest BCUT2D eigenvalue weighted by Crippen LogP contribution is 2.40. The van der Waals surface area contributed by atoms with Crippen LogP contribution in [0.3, 0.4) is 0 Å². The largest absolute Gasteiger partial charge is 0.396 e. The van der Waals surface area contributed by atoms with Crippen molar-refractivity contribution in [1.82, 2.24) is 0 Å². The van der Waals surface area contributed by atoms with Crippen LogP contribution in [0.2, 0.25) is 0 Å². The monoisotopic (exact) mass is 192 g/mol. The van der Waals surface area contributed by atoms with E-state index in [9.17, 15) is 8.78 Å². The average Bonchev–Trinajstić information content (AvgIpc) is 2.05. The minimum Gasteiger partial charge on any atom is -0.396 e. The summed E-state index contributed by atoms with van der Waals surface area (Å²) in [6.45, 7) is 1.71. The third kappa shape index (κ3) is 2.90. The van der Waals surface area contributed by atoms with E-state index in [4.69, 9.17) is 5.11 Å². The van der Waals surface area contributed by atoms with Gasteiger partial charge in [-0.05, 0) is 18.8 Å². The Kier molecular flexibility index (Phi) is 3.65. The van der Waals surface area contributed by atoms with Crippen LogP contribution in [0.1, 0.15) is 39.0 Å². The third-order valence-electron chi connectivity index (χ3n) is 3.06. The molecule has 0 aromatic carbocycles. The van der Waals surface area contributed by atoms with E-state index in [1.165, 1.54) is 0 Å². The van der Waals surface area contributed by atoms with E-state index in [1.807, 2.05) is 0 Å². The Balaban J connectivity index is 2.42. The Morgan fingerprint density at radius 1 is 1.23 bits per heavy atom. The molecule has 0 aliphatic heterocycles. The number of aliphatic hydroxyl groups is 1. The molecule has 0 unspecified atom stereocenters. The first kappa shape index (κ1) is 10.9. The highest BCUT2D eigenvalue weighted by molar-refractivity contribution is 4.81. The van der Waals surface area contributed by atoms with Crippen LogP contribution in [0.15, 0.2) is 0 Å². The second-order valence-corrected chi connectivity index (χ2v) is 4.19. The molecule has 0 aromatic heterocycles. The van der Waals surface area contributed by atoms with Crippen molar-refractivity contribution in [1.29, 1.82) is 0 Å². The fraction of sp³-hybridized carbons (Fsp3) is 1.00. The molecule has 1 aliphatic carbocycles. The Morgan fingerprint density at radius 3 is 2.23 bits per heavy atom. The molecule has 0 bridgehead atoms. The fourth-order valence-electron chi connectivity index (χ4n) is 2.04. The van der Waals surface area contributed by atoms with E-state index in [2.05, 4.69) is 6.92 Å². The van der Waals surface area contributed by atoms with Gasteiger partial charge in [-0.3, -0.25) is 0 Å². The molecule has 1 N–H and O–H groups in total. The molecule has 0 aromatic rings. The molecule has 1 fully saturated rings. The second kappa shape index (κ2) is 4.36. The van der Waals surface area contributed by atoms with Gasteiger partial charge >= 0.3 is 0 Å². The van der Waals surface area contributed by atoms with Crippen molar-refractivity contribution in [2.45, 2.75) is 45.0 Å². The molecule has 13 heavy (non-hydrogen) atoms. The molecular formula is C10H18F2O. The zero-order valence-electron chi connectivity index (χ0n) is 8.10. The lowest BCUT2D eigenvalue weighted by Gasteiger charge is -2.32. The predicted octanol–water partition coefficient (Wildman–Crippen LogP) is 2.83. The minimum atomic E-state index is -2.64. The summed E-state index contributed by atoms with van der Waals surface area (Å²) in [6.07, 6.45) is 2.69. The zero-order chi connectivity index (χ0) is 9.90. The van der Waals surface area contributed by atoms with Crippen LogP contribution in [0.4, 0.5) is 8.78 Å². The molecule has 1 rings (SSSR count). The summed E-state index contributed by atoms with van der Waals surface area (Å²) in [4.78, 5) is 0. The van der Waals surface area contributed by atoms with Crippen LogP contribution < -0.4 is 0 Å². The van der Waals surface area contributed by atoms with Gasteiger partial charge in [0.05, 0.1) is 0 Å².